The van der Waals surface area contributed by atoms with Crippen molar-refractivity contribution in [3.63, 3.8) is 0 Å². The minimum atomic E-state index is -0.831. The molecule has 2 aliphatic heterocycles. The number of aliphatic carboxylic acids is 1. The number of rotatable bonds is 11. The number of carboxylic acid groups (broad SMARTS) is 1. The van der Waals surface area contributed by atoms with Gasteiger partial charge < -0.3 is 10.0 Å². The Labute approximate surface area is 285 Å². The molecule has 0 fully saturated rings. The number of benzene rings is 2. The molecule has 250 valence electrons. The lowest BCUT2D eigenvalue weighted by Gasteiger charge is -2.27. The van der Waals surface area contributed by atoms with E-state index in [1.54, 1.807) is 0 Å². The first-order valence-corrected chi connectivity index (χ1v) is 17.7. The van der Waals surface area contributed by atoms with Crippen LogP contribution in [0.1, 0.15) is 96.9 Å². The summed E-state index contributed by atoms with van der Waals surface area (Å²) < 4.78 is 4.37. The number of aryl methyl sites for hydroxylation is 1. The third-order valence-corrected chi connectivity index (χ3v) is 10.2. The van der Waals surface area contributed by atoms with Gasteiger partial charge in [-0.25, -0.2) is 4.68 Å². The fourth-order valence-corrected chi connectivity index (χ4v) is 7.86. The molecule has 48 heavy (non-hydrogen) atoms. The fourth-order valence-electron chi connectivity index (χ4n) is 7.86. The van der Waals surface area contributed by atoms with Gasteiger partial charge in [-0.1, -0.05) is 81.5 Å². The van der Waals surface area contributed by atoms with Crippen molar-refractivity contribution >= 4 is 28.8 Å². The summed E-state index contributed by atoms with van der Waals surface area (Å²) in [6.07, 6.45) is 16.6. The predicted molar refractivity (Wildman–Crippen MR) is 195 cm³/mol. The number of carboxylic acids is 1. The molecule has 0 amide bonds. The van der Waals surface area contributed by atoms with E-state index in [4.69, 9.17) is 0 Å². The first-order valence-electron chi connectivity index (χ1n) is 17.7. The lowest BCUT2D eigenvalue weighted by molar-refractivity contribution is -0.437. The molecular weight excluding hydrogens is 594 g/mol. The van der Waals surface area contributed by atoms with Crippen molar-refractivity contribution in [2.75, 3.05) is 18.0 Å². The summed E-state index contributed by atoms with van der Waals surface area (Å²) in [5.41, 5.74) is 11.9. The Hall–Kier alpha value is -4.52. The topological polar surface area (TPSA) is 74.3 Å². The Morgan fingerprint density at radius 1 is 0.938 bits per heavy atom. The van der Waals surface area contributed by atoms with Gasteiger partial charge in [0.05, 0.1) is 29.4 Å². The molecule has 1 aromatic heterocycles. The molecule has 3 aromatic rings. The molecule has 3 heterocycles. The Morgan fingerprint density at radius 3 is 2.44 bits per heavy atom. The Kier molecular flexibility index (Phi) is 9.41. The molecule has 0 saturated heterocycles. The minimum absolute atomic E-state index is 0.0312. The van der Waals surface area contributed by atoms with E-state index < -0.39 is 5.97 Å². The highest BCUT2D eigenvalue weighted by molar-refractivity contribution is 6.03. The Balaban J connectivity index is 1.46. The van der Waals surface area contributed by atoms with Gasteiger partial charge in [-0.3, -0.25) is 4.79 Å². The lowest BCUT2D eigenvalue weighted by Crippen LogP contribution is -2.28. The summed E-state index contributed by atoms with van der Waals surface area (Å²) in [5.74, 6) is -0.831. The third kappa shape index (κ3) is 6.11. The zero-order valence-electron chi connectivity index (χ0n) is 29.5. The maximum absolute atomic E-state index is 11.3. The van der Waals surface area contributed by atoms with Crippen LogP contribution in [0, 0.1) is 0 Å². The number of aromatic nitrogens is 3. The quantitative estimate of drug-likeness (QED) is 0.211. The smallest absolute Gasteiger partial charge is 0.303 e. The second-order valence-corrected chi connectivity index (χ2v) is 14.3. The SMILES string of the molecule is CCCN1/C(=C/C=C2\CCCC(/C=C/C3=[N+](CCC)c4ccccc4C3(C)C)=C2n2cc(CCC(=O)O)nn2)C(C)(C)c2ccccc21. The van der Waals surface area contributed by atoms with Gasteiger partial charge in [-0.15, -0.1) is 5.10 Å². The zero-order chi connectivity index (χ0) is 34.1. The van der Waals surface area contributed by atoms with E-state index in [9.17, 15) is 9.90 Å². The highest BCUT2D eigenvalue weighted by Gasteiger charge is 2.44. The van der Waals surface area contributed by atoms with Gasteiger partial charge in [0.25, 0.3) is 0 Å². The number of nitrogens with zero attached hydrogens (tertiary/aromatic N) is 5. The van der Waals surface area contributed by atoms with E-state index in [1.807, 2.05) is 10.9 Å². The molecule has 3 aliphatic rings. The van der Waals surface area contributed by atoms with Crippen LogP contribution in [-0.2, 0) is 22.0 Å². The summed E-state index contributed by atoms with van der Waals surface area (Å²) >= 11 is 0. The van der Waals surface area contributed by atoms with E-state index in [-0.39, 0.29) is 17.3 Å². The maximum atomic E-state index is 11.3. The Bertz CT molecular complexity index is 1870. The molecule has 0 spiro atoms. The van der Waals surface area contributed by atoms with Gasteiger partial charge >= 0.3 is 5.97 Å². The van der Waals surface area contributed by atoms with Crippen LogP contribution in [0.5, 0.6) is 0 Å². The average molecular weight is 645 g/mol. The second kappa shape index (κ2) is 13.5. The van der Waals surface area contributed by atoms with Gasteiger partial charge in [0, 0.05) is 53.9 Å². The van der Waals surface area contributed by atoms with Crippen molar-refractivity contribution in [1.82, 2.24) is 15.0 Å². The second-order valence-electron chi connectivity index (χ2n) is 14.3. The summed E-state index contributed by atoms with van der Waals surface area (Å²) in [7, 11) is 0. The summed E-state index contributed by atoms with van der Waals surface area (Å²) in [5, 5.41) is 18.3. The van der Waals surface area contributed by atoms with Crippen molar-refractivity contribution in [2.45, 2.75) is 97.3 Å². The van der Waals surface area contributed by atoms with Gasteiger partial charge in [-0.05, 0) is 68.4 Å². The molecule has 1 aliphatic carbocycles. The first kappa shape index (κ1) is 33.4. The molecule has 7 heteroatoms. The molecular formula is C41H50N5O2+. The molecule has 2 aromatic carbocycles. The summed E-state index contributed by atoms with van der Waals surface area (Å²) in [6.45, 7) is 15.7. The van der Waals surface area contributed by atoms with Gasteiger partial charge in [0.2, 0.25) is 5.69 Å². The molecule has 6 rings (SSSR count). The number of carbonyl (C=O) groups is 1. The standard InChI is InChI=1S/C41H49N5O2/c1-7-26-44-34-18-11-9-16-32(34)40(3,4)36(44)23-20-29-14-13-15-30(39(29)46-28-31(42-43-46)22-25-38(47)48)21-24-37-41(5,6)33-17-10-12-19-35(33)45(37)27-8-2/h9-12,16-21,23-24,28H,7-8,13-15,22,25-27H2,1-6H3/p+1. The van der Waals surface area contributed by atoms with E-state index in [0.717, 1.165) is 50.9 Å². The van der Waals surface area contributed by atoms with Crippen molar-refractivity contribution < 1.29 is 14.5 Å². The van der Waals surface area contributed by atoms with Crippen molar-refractivity contribution in [3.8, 4) is 0 Å². The number of anilines is 1. The number of hydrogen-bond donors (Lipinski definition) is 1. The molecule has 0 atom stereocenters. The monoisotopic (exact) mass is 644 g/mol. The molecule has 0 radical (unpaired) electrons. The van der Waals surface area contributed by atoms with E-state index >= 15 is 0 Å². The molecule has 1 N–H and O–H groups in total. The van der Waals surface area contributed by atoms with E-state index in [0.29, 0.717) is 12.1 Å². The van der Waals surface area contributed by atoms with Crippen LogP contribution >= 0.6 is 0 Å². The van der Waals surface area contributed by atoms with Gasteiger partial charge in [-0.2, -0.15) is 4.58 Å². The molecule has 0 saturated carbocycles. The maximum Gasteiger partial charge on any atom is 0.303 e. The van der Waals surface area contributed by atoms with E-state index in [1.165, 1.54) is 45.1 Å². The number of para-hydroxylation sites is 2. The van der Waals surface area contributed by atoms with E-state index in [2.05, 4.69) is 134 Å². The van der Waals surface area contributed by atoms with Crippen LogP contribution in [-0.4, -0.2) is 49.4 Å². The predicted octanol–water partition coefficient (Wildman–Crippen LogP) is 8.75. The van der Waals surface area contributed by atoms with Crippen LogP contribution in [0.4, 0.5) is 11.4 Å². The average Bonchev–Trinajstić information content (AvgIpc) is 3.68. The summed E-state index contributed by atoms with van der Waals surface area (Å²) in [4.78, 5) is 13.8. The molecule has 7 nitrogen and oxygen atoms in total. The largest absolute Gasteiger partial charge is 0.481 e. The normalized spacial score (nSPS) is 20.0. The van der Waals surface area contributed by atoms with Crippen LogP contribution in [0.25, 0.3) is 5.70 Å². The number of allylic oxidation sites excluding steroid dienone is 8. The van der Waals surface area contributed by atoms with Crippen LogP contribution in [0.2, 0.25) is 0 Å². The highest BCUT2D eigenvalue weighted by Crippen LogP contribution is 2.48. The van der Waals surface area contributed by atoms with Crippen molar-refractivity contribution in [1.29, 1.82) is 0 Å². The zero-order valence-corrected chi connectivity index (χ0v) is 29.5. The molecule has 0 bridgehead atoms. The van der Waals surface area contributed by atoms with Gasteiger partial charge in [0.15, 0.2) is 5.71 Å². The Morgan fingerprint density at radius 2 is 1.69 bits per heavy atom. The van der Waals surface area contributed by atoms with Crippen LogP contribution in [0.15, 0.2) is 95.9 Å². The number of hydrogen-bond acceptors (Lipinski definition) is 4. The van der Waals surface area contributed by atoms with Gasteiger partial charge in [0.1, 0.15) is 6.54 Å². The fraction of sp³-hybridized carbons (Fsp3) is 0.415. The number of fused-ring (bicyclic) bond motifs is 2. The van der Waals surface area contributed by atoms with Crippen molar-refractivity contribution in [3.05, 3.63) is 113 Å². The van der Waals surface area contributed by atoms with Crippen molar-refractivity contribution in [2.24, 2.45) is 0 Å². The lowest BCUT2D eigenvalue weighted by atomic mass is 9.81. The highest BCUT2D eigenvalue weighted by atomic mass is 16.4. The first-order chi connectivity index (χ1) is 23.1. The minimum Gasteiger partial charge on any atom is -0.481 e. The van der Waals surface area contributed by atoms with Crippen LogP contribution < -0.4 is 4.90 Å². The summed E-state index contributed by atoms with van der Waals surface area (Å²) in [6, 6.07) is 17.6. The molecule has 0 unspecified atom stereocenters. The van der Waals surface area contributed by atoms with Crippen LogP contribution in [0.3, 0.4) is 0 Å². The third-order valence-electron chi connectivity index (χ3n) is 10.2.